The summed E-state index contributed by atoms with van der Waals surface area (Å²) in [7, 11) is 0. The third kappa shape index (κ3) is 5.98. The number of nitrogens with zero attached hydrogens (tertiary/aromatic N) is 1. The molecule has 1 aliphatic heterocycles. The number of aromatic nitrogens is 1. The molecule has 0 saturated carbocycles. The minimum Gasteiger partial charge on any atom is -0.366 e. The van der Waals surface area contributed by atoms with Crippen molar-refractivity contribution in [1.29, 1.82) is 0 Å². The van der Waals surface area contributed by atoms with Gasteiger partial charge >= 0.3 is 0 Å². The Morgan fingerprint density at radius 1 is 1.24 bits per heavy atom. The van der Waals surface area contributed by atoms with E-state index in [0.29, 0.717) is 11.1 Å². The van der Waals surface area contributed by atoms with Crippen LogP contribution in [0.2, 0.25) is 5.02 Å². The van der Waals surface area contributed by atoms with Crippen molar-refractivity contribution in [3.05, 3.63) is 23.4 Å². The normalized spacial score (nSPS) is 14.9. The molecule has 0 unspecified atom stereocenters. The Kier molecular flexibility index (Phi) is 11.5. The van der Waals surface area contributed by atoms with Crippen LogP contribution in [-0.4, -0.2) is 24.1 Å². The standard InChI is InChI=1S/C10H14ClN3.3ClH/c11-9-2-1-5-13-10(9)14-8-3-6-12-7-4-8;;;/h1-2,5,8,12H,3-4,6-7H2,(H,13,14);3*1H. The summed E-state index contributed by atoms with van der Waals surface area (Å²) in [5.74, 6) is 0.807. The Balaban J connectivity index is 0. The molecule has 0 aliphatic carbocycles. The highest BCUT2D eigenvalue weighted by Crippen LogP contribution is 2.20. The average Bonchev–Trinajstić information content (AvgIpc) is 2.23. The highest BCUT2D eigenvalue weighted by molar-refractivity contribution is 6.32. The van der Waals surface area contributed by atoms with Crippen LogP contribution >= 0.6 is 48.8 Å². The maximum atomic E-state index is 6.00. The maximum absolute atomic E-state index is 6.00. The molecule has 0 radical (unpaired) electrons. The van der Waals surface area contributed by atoms with Crippen molar-refractivity contribution >= 4 is 54.6 Å². The Hall–Kier alpha value is 0.0700. The number of rotatable bonds is 2. The zero-order chi connectivity index (χ0) is 9.80. The first-order valence-corrected chi connectivity index (χ1v) is 5.32. The molecule has 2 rings (SSSR count). The number of piperidine rings is 1. The molecule has 0 spiro atoms. The second-order valence-electron chi connectivity index (χ2n) is 3.50. The van der Waals surface area contributed by atoms with Gasteiger partial charge in [-0.15, -0.1) is 37.2 Å². The maximum Gasteiger partial charge on any atom is 0.144 e. The predicted molar refractivity (Wildman–Crippen MR) is 80.5 cm³/mol. The molecule has 0 atom stereocenters. The van der Waals surface area contributed by atoms with Gasteiger partial charge in [0.2, 0.25) is 0 Å². The van der Waals surface area contributed by atoms with Gasteiger partial charge in [0.05, 0.1) is 5.02 Å². The molecule has 0 bridgehead atoms. The molecule has 3 nitrogen and oxygen atoms in total. The van der Waals surface area contributed by atoms with Crippen LogP contribution in [0, 0.1) is 0 Å². The van der Waals surface area contributed by atoms with Crippen LogP contribution in [0.15, 0.2) is 18.3 Å². The van der Waals surface area contributed by atoms with Gasteiger partial charge in [0, 0.05) is 12.2 Å². The lowest BCUT2D eigenvalue weighted by Gasteiger charge is -2.24. The van der Waals surface area contributed by atoms with E-state index in [-0.39, 0.29) is 37.2 Å². The summed E-state index contributed by atoms with van der Waals surface area (Å²) in [6.07, 6.45) is 4.02. The molecule has 1 aromatic heterocycles. The molecule has 1 aromatic rings. The summed E-state index contributed by atoms with van der Waals surface area (Å²) >= 11 is 6.00. The molecule has 0 aromatic carbocycles. The lowest BCUT2D eigenvalue weighted by atomic mass is 10.1. The zero-order valence-electron chi connectivity index (χ0n) is 9.19. The van der Waals surface area contributed by atoms with Gasteiger partial charge in [-0.1, -0.05) is 11.6 Å². The SMILES string of the molecule is Cl.Cl.Cl.Clc1cccnc1NC1CCNCC1. The van der Waals surface area contributed by atoms with Gasteiger partial charge < -0.3 is 10.6 Å². The molecule has 1 aliphatic rings. The van der Waals surface area contributed by atoms with Crippen LogP contribution < -0.4 is 10.6 Å². The summed E-state index contributed by atoms with van der Waals surface area (Å²) in [6, 6.07) is 4.21. The smallest absolute Gasteiger partial charge is 0.144 e. The van der Waals surface area contributed by atoms with E-state index in [1.165, 1.54) is 0 Å². The minimum absolute atomic E-state index is 0. The van der Waals surface area contributed by atoms with Crippen LogP contribution in [0.3, 0.4) is 0 Å². The van der Waals surface area contributed by atoms with Gasteiger partial charge in [0.25, 0.3) is 0 Å². The van der Waals surface area contributed by atoms with E-state index >= 15 is 0 Å². The minimum atomic E-state index is 0. The van der Waals surface area contributed by atoms with Crippen LogP contribution in [0.5, 0.6) is 0 Å². The predicted octanol–water partition coefficient (Wildman–Crippen LogP) is 3.16. The molecule has 1 saturated heterocycles. The fraction of sp³-hybridized carbons (Fsp3) is 0.500. The second kappa shape index (κ2) is 10.0. The first-order chi connectivity index (χ1) is 6.86. The monoisotopic (exact) mass is 319 g/mol. The molecule has 100 valence electrons. The van der Waals surface area contributed by atoms with E-state index in [1.807, 2.05) is 12.1 Å². The molecule has 1 fully saturated rings. The summed E-state index contributed by atoms with van der Waals surface area (Å²) in [4.78, 5) is 4.21. The highest BCUT2D eigenvalue weighted by atomic mass is 35.5. The number of anilines is 1. The molecule has 0 amide bonds. The summed E-state index contributed by atoms with van der Waals surface area (Å²) in [6.45, 7) is 2.14. The van der Waals surface area contributed by atoms with Crippen molar-refractivity contribution in [2.45, 2.75) is 18.9 Å². The van der Waals surface area contributed by atoms with Gasteiger partial charge in [0.15, 0.2) is 0 Å². The van der Waals surface area contributed by atoms with Crippen molar-refractivity contribution in [2.24, 2.45) is 0 Å². The van der Waals surface area contributed by atoms with E-state index in [2.05, 4.69) is 15.6 Å². The summed E-state index contributed by atoms with van der Waals surface area (Å²) in [5, 5.41) is 7.39. The van der Waals surface area contributed by atoms with Crippen molar-refractivity contribution < 1.29 is 0 Å². The van der Waals surface area contributed by atoms with Gasteiger partial charge in [0.1, 0.15) is 5.82 Å². The Labute approximate surface area is 125 Å². The molecular formula is C10H17Cl4N3. The largest absolute Gasteiger partial charge is 0.366 e. The molecule has 2 N–H and O–H groups in total. The first-order valence-electron chi connectivity index (χ1n) is 4.94. The van der Waals surface area contributed by atoms with E-state index in [9.17, 15) is 0 Å². The Morgan fingerprint density at radius 2 is 1.88 bits per heavy atom. The van der Waals surface area contributed by atoms with Crippen LogP contribution in [0.1, 0.15) is 12.8 Å². The third-order valence-electron chi connectivity index (χ3n) is 2.44. The fourth-order valence-electron chi connectivity index (χ4n) is 1.65. The molecular weight excluding hydrogens is 304 g/mol. The van der Waals surface area contributed by atoms with Crippen LogP contribution in [0.25, 0.3) is 0 Å². The van der Waals surface area contributed by atoms with Crippen LogP contribution in [-0.2, 0) is 0 Å². The number of nitrogens with one attached hydrogen (secondary N) is 2. The molecule has 17 heavy (non-hydrogen) atoms. The van der Waals surface area contributed by atoms with Crippen molar-refractivity contribution in [2.75, 3.05) is 18.4 Å². The van der Waals surface area contributed by atoms with Gasteiger partial charge in [-0.3, -0.25) is 0 Å². The van der Waals surface area contributed by atoms with E-state index in [4.69, 9.17) is 11.6 Å². The van der Waals surface area contributed by atoms with Crippen molar-refractivity contribution in [3.8, 4) is 0 Å². The number of hydrogen-bond donors (Lipinski definition) is 2. The topological polar surface area (TPSA) is 37.0 Å². The van der Waals surface area contributed by atoms with Crippen molar-refractivity contribution in [1.82, 2.24) is 10.3 Å². The number of hydrogen-bond acceptors (Lipinski definition) is 3. The van der Waals surface area contributed by atoms with E-state index in [1.54, 1.807) is 6.20 Å². The Bertz CT molecular complexity index is 305. The molecule has 2 heterocycles. The third-order valence-corrected chi connectivity index (χ3v) is 2.74. The highest BCUT2D eigenvalue weighted by Gasteiger charge is 2.13. The van der Waals surface area contributed by atoms with Gasteiger partial charge in [-0.2, -0.15) is 0 Å². The fourth-order valence-corrected chi connectivity index (χ4v) is 1.83. The summed E-state index contributed by atoms with van der Waals surface area (Å²) in [5.41, 5.74) is 0. The lowest BCUT2D eigenvalue weighted by Crippen LogP contribution is -2.35. The van der Waals surface area contributed by atoms with Crippen LogP contribution in [0.4, 0.5) is 5.82 Å². The molecule has 7 heteroatoms. The second-order valence-corrected chi connectivity index (χ2v) is 3.91. The van der Waals surface area contributed by atoms with E-state index < -0.39 is 0 Å². The van der Waals surface area contributed by atoms with Gasteiger partial charge in [-0.25, -0.2) is 4.98 Å². The zero-order valence-corrected chi connectivity index (χ0v) is 12.4. The number of pyridine rings is 1. The first kappa shape index (κ1) is 19.4. The summed E-state index contributed by atoms with van der Waals surface area (Å²) < 4.78 is 0. The lowest BCUT2D eigenvalue weighted by molar-refractivity contribution is 0.478. The average molecular weight is 321 g/mol. The van der Waals surface area contributed by atoms with Crippen molar-refractivity contribution in [3.63, 3.8) is 0 Å². The number of halogens is 4. The van der Waals surface area contributed by atoms with Gasteiger partial charge in [-0.05, 0) is 38.1 Å². The Morgan fingerprint density at radius 3 is 2.47 bits per heavy atom. The quantitative estimate of drug-likeness (QED) is 0.879. The van der Waals surface area contributed by atoms with E-state index in [0.717, 1.165) is 31.7 Å².